The average Bonchev–Trinajstić information content (AvgIpc) is 3.28. The molecule has 1 aromatic carbocycles. The Morgan fingerprint density at radius 1 is 1.24 bits per heavy atom. The molecule has 25 heavy (non-hydrogen) atoms. The van der Waals surface area contributed by atoms with Crippen molar-refractivity contribution in [2.24, 2.45) is 0 Å². The van der Waals surface area contributed by atoms with Crippen LogP contribution in [0.2, 0.25) is 0 Å². The van der Waals surface area contributed by atoms with E-state index >= 15 is 0 Å². The number of hydrogen-bond donors (Lipinski definition) is 0. The molecule has 1 atom stereocenters. The highest BCUT2D eigenvalue weighted by Gasteiger charge is 2.34. The Balaban J connectivity index is 1.71. The quantitative estimate of drug-likeness (QED) is 0.674. The van der Waals surface area contributed by atoms with Crippen molar-refractivity contribution in [3.05, 3.63) is 59.5 Å². The number of thioether (sulfide) groups is 1. The Hall–Kier alpha value is -2.34. The van der Waals surface area contributed by atoms with E-state index < -0.39 is 0 Å². The van der Waals surface area contributed by atoms with Crippen molar-refractivity contribution in [3.8, 4) is 0 Å². The summed E-state index contributed by atoms with van der Waals surface area (Å²) < 4.78 is 1.99. The maximum atomic E-state index is 13.2. The van der Waals surface area contributed by atoms with Crippen molar-refractivity contribution in [2.45, 2.75) is 30.7 Å². The monoisotopic (exact) mass is 352 g/mol. The van der Waals surface area contributed by atoms with Gasteiger partial charge in [0.05, 0.1) is 6.04 Å². The van der Waals surface area contributed by atoms with E-state index in [4.69, 9.17) is 0 Å². The van der Waals surface area contributed by atoms with Crippen molar-refractivity contribution in [1.82, 2.24) is 19.5 Å². The van der Waals surface area contributed by atoms with E-state index in [-0.39, 0.29) is 11.9 Å². The molecule has 1 aliphatic heterocycles. The normalized spacial score (nSPS) is 17.4. The van der Waals surface area contributed by atoms with Gasteiger partial charge in [0.1, 0.15) is 0 Å². The summed E-state index contributed by atoms with van der Waals surface area (Å²) in [6.07, 6.45) is 5.90. The average molecular weight is 352 g/mol. The number of hydrogen-bond acceptors (Lipinski definition) is 4. The van der Waals surface area contributed by atoms with Crippen LogP contribution in [0.4, 0.5) is 0 Å². The Bertz CT molecular complexity index is 936. The fraction of sp³-hybridized carbons (Fsp3) is 0.316. The Kier molecular flexibility index (Phi) is 4.21. The summed E-state index contributed by atoms with van der Waals surface area (Å²) in [6.45, 7) is 2.75. The third-order valence-corrected chi connectivity index (χ3v) is 5.55. The maximum Gasteiger partial charge on any atom is 0.254 e. The van der Waals surface area contributed by atoms with Gasteiger partial charge in [-0.1, -0.05) is 12.1 Å². The summed E-state index contributed by atoms with van der Waals surface area (Å²) >= 11 is 1.65. The molecule has 3 heterocycles. The molecule has 0 saturated carbocycles. The van der Waals surface area contributed by atoms with Gasteiger partial charge in [0.2, 0.25) is 0 Å². The molecule has 1 fully saturated rings. The second-order valence-corrected chi connectivity index (χ2v) is 7.20. The van der Waals surface area contributed by atoms with Crippen LogP contribution in [0.25, 0.3) is 5.65 Å². The van der Waals surface area contributed by atoms with Crippen LogP contribution in [-0.4, -0.2) is 38.2 Å². The van der Waals surface area contributed by atoms with Gasteiger partial charge in [-0.05, 0) is 55.9 Å². The van der Waals surface area contributed by atoms with Crippen molar-refractivity contribution in [3.63, 3.8) is 0 Å². The van der Waals surface area contributed by atoms with Gasteiger partial charge < -0.3 is 4.90 Å². The number of carbonyl (C=O) groups is 1. The number of amides is 1. The first-order valence-corrected chi connectivity index (χ1v) is 9.67. The zero-order valence-corrected chi connectivity index (χ0v) is 15.2. The fourth-order valence-corrected chi connectivity index (χ4v) is 3.92. The van der Waals surface area contributed by atoms with Gasteiger partial charge in [-0.15, -0.1) is 22.0 Å². The third kappa shape index (κ3) is 2.80. The first-order valence-electron chi connectivity index (χ1n) is 8.44. The fourth-order valence-electron chi connectivity index (χ4n) is 3.48. The molecule has 0 bridgehead atoms. The molecule has 0 aliphatic carbocycles. The van der Waals surface area contributed by atoms with Crippen LogP contribution in [0.1, 0.15) is 40.6 Å². The smallest absolute Gasteiger partial charge is 0.254 e. The number of rotatable bonds is 3. The Labute approximate surface area is 151 Å². The molecule has 0 radical (unpaired) electrons. The van der Waals surface area contributed by atoms with Crippen molar-refractivity contribution >= 4 is 23.3 Å². The van der Waals surface area contributed by atoms with Crippen LogP contribution in [0.3, 0.4) is 0 Å². The molecule has 1 amide bonds. The predicted molar refractivity (Wildman–Crippen MR) is 99.0 cm³/mol. The van der Waals surface area contributed by atoms with Gasteiger partial charge in [-0.3, -0.25) is 9.20 Å². The number of nitrogens with zero attached hydrogens (tertiary/aromatic N) is 4. The molecule has 6 heteroatoms. The van der Waals surface area contributed by atoms with E-state index in [0.29, 0.717) is 0 Å². The first-order chi connectivity index (χ1) is 12.2. The van der Waals surface area contributed by atoms with E-state index in [0.717, 1.165) is 46.9 Å². The van der Waals surface area contributed by atoms with Gasteiger partial charge in [0.25, 0.3) is 5.91 Å². The van der Waals surface area contributed by atoms with E-state index in [1.807, 2.05) is 59.0 Å². The molecule has 1 saturated heterocycles. The Morgan fingerprint density at radius 3 is 2.96 bits per heavy atom. The van der Waals surface area contributed by atoms with Crippen LogP contribution in [0, 0.1) is 6.92 Å². The molecular weight excluding hydrogens is 332 g/mol. The van der Waals surface area contributed by atoms with E-state index in [2.05, 4.69) is 16.3 Å². The van der Waals surface area contributed by atoms with Crippen LogP contribution < -0.4 is 0 Å². The molecule has 3 aromatic rings. The molecule has 2 aromatic heterocycles. The molecule has 4 rings (SSSR count). The van der Waals surface area contributed by atoms with Gasteiger partial charge in [0, 0.05) is 23.2 Å². The third-order valence-electron chi connectivity index (χ3n) is 4.83. The number of pyridine rings is 1. The standard InChI is InChI=1S/C19H20N4OS/c1-13-8-9-14(25-2)12-15(13)19(24)22-11-5-6-16(22)18-21-20-17-7-3-4-10-23(17)18/h3-4,7-10,12,16H,5-6,11H2,1-2H3/t16-/m1/s1. The second kappa shape index (κ2) is 6.52. The lowest BCUT2D eigenvalue weighted by Crippen LogP contribution is -2.32. The van der Waals surface area contributed by atoms with Crippen molar-refractivity contribution in [2.75, 3.05) is 12.8 Å². The maximum absolute atomic E-state index is 13.2. The van der Waals surface area contributed by atoms with E-state index in [1.54, 1.807) is 11.8 Å². The lowest BCUT2D eigenvalue weighted by atomic mass is 10.1. The van der Waals surface area contributed by atoms with Crippen molar-refractivity contribution in [1.29, 1.82) is 0 Å². The summed E-state index contributed by atoms with van der Waals surface area (Å²) in [7, 11) is 0. The molecule has 1 aliphatic rings. The summed E-state index contributed by atoms with van der Waals surface area (Å²) in [6, 6.07) is 11.9. The van der Waals surface area contributed by atoms with Crippen LogP contribution >= 0.6 is 11.8 Å². The second-order valence-electron chi connectivity index (χ2n) is 6.32. The van der Waals surface area contributed by atoms with E-state index in [9.17, 15) is 4.79 Å². The number of aryl methyl sites for hydroxylation is 1. The first kappa shape index (κ1) is 16.1. The van der Waals surface area contributed by atoms with Crippen LogP contribution in [0.5, 0.6) is 0 Å². The van der Waals surface area contributed by atoms with Crippen LogP contribution in [0.15, 0.2) is 47.5 Å². The molecule has 5 nitrogen and oxygen atoms in total. The number of aromatic nitrogens is 3. The highest BCUT2D eigenvalue weighted by molar-refractivity contribution is 7.98. The lowest BCUT2D eigenvalue weighted by molar-refractivity contribution is 0.0728. The van der Waals surface area contributed by atoms with Gasteiger partial charge >= 0.3 is 0 Å². The molecule has 0 N–H and O–H groups in total. The van der Waals surface area contributed by atoms with Gasteiger partial charge in [-0.2, -0.15) is 0 Å². The predicted octanol–water partition coefficient (Wildman–Crippen LogP) is 3.74. The van der Waals surface area contributed by atoms with Crippen molar-refractivity contribution < 1.29 is 4.79 Å². The highest BCUT2D eigenvalue weighted by Crippen LogP contribution is 2.33. The van der Waals surface area contributed by atoms with Gasteiger partial charge in [-0.25, -0.2) is 0 Å². The molecular formula is C19H20N4OS. The topological polar surface area (TPSA) is 50.5 Å². The SMILES string of the molecule is CSc1ccc(C)c(C(=O)N2CCC[C@@H]2c2nnc3ccccn23)c1. The number of benzene rings is 1. The summed E-state index contributed by atoms with van der Waals surface area (Å²) in [4.78, 5) is 16.3. The lowest BCUT2D eigenvalue weighted by Gasteiger charge is -2.24. The number of fused-ring (bicyclic) bond motifs is 1. The summed E-state index contributed by atoms with van der Waals surface area (Å²) in [5, 5.41) is 8.62. The zero-order valence-electron chi connectivity index (χ0n) is 14.3. The summed E-state index contributed by atoms with van der Waals surface area (Å²) in [5.41, 5.74) is 2.62. The van der Waals surface area contributed by atoms with E-state index in [1.165, 1.54) is 0 Å². The highest BCUT2D eigenvalue weighted by atomic mass is 32.2. The van der Waals surface area contributed by atoms with Crippen LogP contribution in [-0.2, 0) is 0 Å². The molecule has 0 unspecified atom stereocenters. The number of likely N-dealkylation sites (tertiary alicyclic amines) is 1. The molecule has 0 spiro atoms. The number of carbonyl (C=O) groups excluding carboxylic acids is 1. The summed E-state index contributed by atoms with van der Waals surface area (Å²) in [5.74, 6) is 0.934. The minimum atomic E-state index is -0.0257. The zero-order chi connectivity index (χ0) is 17.4. The van der Waals surface area contributed by atoms with Gasteiger partial charge in [0.15, 0.2) is 11.5 Å². The minimum Gasteiger partial charge on any atom is -0.328 e. The largest absolute Gasteiger partial charge is 0.328 e. The molecule has 128 valence electrons. The minimum absolute atomic E-state index is 0.0257. The Morgan fingerprint density at radius 2 is 2.12 bits per heavy atom.